The van der Waals surface area contributed by atoms with Crippen molar-refractivity contribution < 1.29 is 64.3 Å². The summed E-state index contributed by atoms with van der Waals surface area (Å²) in [6, 6.07) is 0. The fraction of sp³-hybridized carbons (Fsp3) is 0.857. The molecule has 1 aliphatic rings. The van der Waals surface area contributed by atoms with Gasteiger partial charge in [-0.15, -0.1) is 0 Å². The second-order valence-corrected chi connectivity index (χ2v) is 2.95. The van der Waals surface area contributed by atoms with E-state index in [0.29, 0.717) is 0 Å². The summed E-state index contributed by atoms with van der Waals surface area (Å²) in [7, 11) is 1.17. The number of methoxy groups -OCH3 is 1. The number of carboxylic acids is 1. The van der Waals surface area contributed by atoms with Crippen molar-refractivity contribution in [2.75, 3.05) is 7.11 Å². The summed E-state index contributed by atoms with van der Waals surface area (Å²) in [5.74, 6) is -1.68. The molecule has 1 aliphatic heterocycles. The maximum absolute atomic E-state index is 10.4. The van der Waals surface area contributed by atoms with Crippen molar-refractivity contribution >= 4 is 5.97 Å². The zero-order chi connectivity index (χ0) is 10.9. The number of ether oxygens (including phenoxy) is 2. The molecule has 0 saturated carbocycles. The van der Waals surface area contributed by atoms with Crippen LogP contribution in [-0.4, -0.2) is 59.1 Å². The minimum Gasteiger partial charge on any atom is -0.547 e. The predicted molar refractivity (Wildman–Crippen MR) is 38.7 cm³/mol. The summed E-state index contributed by atoms with van der Waals surface area (Å²) in [6.07, 6.45) is -7.88. The summed E-state index contributed by atoms with van der Waals surface area (Å²) in [5.41, 5.74) is 0. The molecule has 0 aromatic carbocycles. The number of rotatable bonds is 2. The Morgan fingerprint density at radius 3 is 2.20 bits per heavy atom. The fourth-order valence-corrected chi connectivity index (χ4v) is 1.24. The molecule has 82 valence electrons. The number of carbonyl (C=O) groups is 1. The largest absolute Gasteiger partial charge is 1.00 e. The van der Waals surface area contributed by atoms with Crippen LogP contribution < -0.4 is 34.7 Å². The molecule has 0 aromatic heterocycles. The molecule has 1 fully saturated rings. The Morgan fingerprint density at radius 2 is 1.80 bits per heavy atom. The predicted octanol–water partition coefficient (Wildman–Crippen LogP) is -6.81. The van der Waals surface area contributed by atoms with Gasteiger partial charge in [-0.25, -0.2) is 0 Å². The van der Waals surface area contributed by atoms with E-state index in [-0.39, 0.29) is 29.6 Å². The first-order valence-corrected chi connectivity index (χ1v) is 3.92. The van der Waals surface area contributed by atoms with Crippen molar-refractivity contribution in [3.8, 4) is 0 Å². The Bertz CT molecular complexity index is 221. The van der Waals surface area contributed by atoms with Crippen molar-refractivity contribution in [3.05, 3.63) is 0 Å². The summed E-state index contributed by atoms with van der Waals surface area (Å²) >= 11 is 0. The van der Waals surface area contributed by atoms with Gasteiger partial charge in [-0.05, 0) is 0 Å². The number of hydrogen-bond donors (Lipinski definition) is 3. The number of carbonyl (C=O) groups excluding carboxylic acids is 1. The molecule has 0 spiro atoms. The van der Waals surface area contributed by atoms with E-state index in [1.807, 2.05) is 0 Å². The topological polar surface area (TPSA) is 119 Å². The van der Waals surface area contributed by atoms with Gasteiger partial charge in [-0.1, -0.05) is 0 Å². The van der Waals surface area contributed by atoms with Crippen LogP contribution in [0.25, 0.3) is 0 Å². The Kier molecular flexibility index (Phi) is 6.23. The molecule has 8 heteroatoms. The minimum atomic E-state index is -1.73. The average molecular weight is 230 g/mol. The third-order valence-electron chi connectivity index (χ3n) is 2.03. The van der Waals surface area contributed by atoms with Gasteiger partial charge < -0.3 is 34.7 Å². The molecule has 0 aliphatic carbocycles. The van der Waals surface area contributed by atoms with Gasteiger partial charge in [0.15, 0.2) is 6.29 Å². The third-order valence-corrected chi connectivity index (χ3v) is 2.03. The average Bonchev–Trinajstić information content (AvgIpc) is 2.14. The van der Waals surface area contributed by atoms with Crippen LogP contribution in [-0.2, 0) is 14.3 Å². The molecule has 0 aromatic rings. The van der Waals surface area contributed by atoms with Crippen LogP contribution in [0.2, 0.25) is 0 Å². The van der Waals surface area contributed by atoms with Gasteiger partial charge in [-0.3, -0.25) is 0 Å². The SMILES string of the molecule is CO[C@H]1O[C@H](C(=O)[O-])[C@@H](O)[C@H](O)[C@@H]1O.[Na+]. The van der Waals surface area contributed by atoms with E-state index in [1.165, 1.54) is 7.11 Å². The number of carboxylic acid groups (broad SMARTS) is 1. The van der Waals surface area contributed by atoms with E-state index in [0.717, 1.165) is 0 Å². The van der Waals surface area contributed by atoms with Gasteiger partial charge in [0, 0.05) is 7.11 Å². The van der Waals surface area contributed by atoms with Crippen LogP contribution in [0.15, 0.2) is 0 Å². The van der Waals surface area contributed by atoms with E-state index >= 15 is 0 Å². The van der Waals surface area contributed by atoms with Gasteiger partial charge in [-0.2, -0.15) is 0 Å². The van der Waals surface area contributed by atoms with Crippen molar-refractivity contribution in [1.29, 1.82) is 0 Å². The standard InChI is InChI=1S/C7H12O7.Na/c1-13-7-4(10)2(8)3(9)5(14-7)6(11)12;/h2-5,7-10H,1H3,(H,11,12);/q;+1/p-1/t2-,3-,4-,5-,7-;/m0./s1. The molecular weight excluding hydrogens is 219 g/mol. The second-order valence-electron chi connectivity index (χ2n) is 2.95. The van der Waals surface area contributed by atoms with E-state index in [9.17, 15) is 25.2 Å². The van der Waals surface area contributed by atoms with Gasteiger partial charge in [0.25, 0.3) is 0 Å². The van der Waals surface area contributed by atoms with E-state index in [4.69, 9.17) is 0 Å². The first-order chi connectivity index (χ1) is 6.49. The first kappa shape index (κ1) is 15.3. The van der Waals surface area contributed by atoms with Crippen LogP contribution in [0, 0.1) is 0 Å². The van der Waals surface area contributed by atoms with E-state index in [2.05, 4.69) is 9.47 Å². The van der Waals surface area contributed by atoms with Crippen molar-refractivity contribution in [1.82, 2.24) is 0 Å². The Labute approximate surface area is 108 Å². The molecule has 0 unspecified atom stereocenters. The molecule has 0 amide bonds. The summed E-state index contributed by atoms with van der Waals surface area (Å²) in [4.78, 5) is 10.4. The smallest absolute Gasteiger partial charge is 0.547 e. The monoisotopic (exact) mass is 230 g/mol. The van der Waals surface area contributed by atoms with Gasteiger partial charge in [0.1, 0.15) is 24.4 Å². The maximum atomic E-state index is 10.4. The normalized spacial score (nSPS) is 40.7. The van der Waals surface area contributed by atoms with E-state index < -0.39 is 36.7 Å². The quantitative estimate of drug-likeness (QED) is 0.403. The van der Waals surface area contributed by atoms with E-state index in [1.54, 1.807) is 0 Å². The zero-order valence-corrected chi connectivity index (χ0v) is 10.4. The van der Waals surface area contributed by atoms with Gasteiger partial charge >= 0.3 is 29.6 Å². The van der Waals surface area contributed by atoms with Crippen LogP contribution in [0.3, 0.4) is 0 Å². The number of aliphatic hydroxyl groups is 3. The van der Waals surface area contributed by atoms with Crippen molar-refractivity contribution in [3.63, 3.8) is 0 Å². The molecule has 0 radical (unpaired) electrons. The molecule has 7 nitrogen and oxygen atoms in total. The Balaban J connectivity index is 0.00000196. The van der Waals surface area contributed by atoms with Crippen molar-refractivity contribution in [2.24, 2.45) is 0 Å². The molecule has 1 rings (SSSR count). The van der Waals surface area contributed by atoms with Gasteiger partial charge in [0.2, 0.25) is 0 Å². The number of aliphatic carboxylic acids is 1. The molecule has 1 saturated heterocycles. The van der Waals surface area contributed by atoms with Crippen LogP contribution >= 0.6 is 0 Å². The van der Waals surface area contributed by atoms with Crippen LogP contribution in [0.4, 0.5) is 0 Å². The third kappa shape index (κ3) is 3.11. The second kappa shape index (κ2) is 6.12. The molecular formula is C7H11NaO7. The van der Waals surface area contributed by atoms with Crippen LogP contribution in [0.1, 0.15) is 0 Å². The molecule has 0 bridgehead atoms. The molecule has 3 N–H and O–H groups in total. The molecule has 15 heavy (non-hydrogen) atoms. The summed E-state index contributed by atoms with van der Waals surface area (Å²) in [5, 5.41) is 38.1. The molecule has 5 atom stereocenters. The first-order valence-electron chi connectivity index (χ1n) is 3.92. The minimum absolute atomic E-state index is 0. The van der Waals surface area contributed by atoms with Crippen molar-refractivity contribution in [2.45, 2.75) is 30.7 Å². The number of aliphatic hydroxyl groups excluding tert-OH is 3. The number of hydrogen-bond acceptors (Lipinski definition) is 7. The Morgan fingerprint density at radius 1 is 1.27 bits per heavy atom. The summed E-state index contributed by atoms with van der Waals surface area (Å²) < 4.78 is 9.22. The zero-order valence-electron chi connectivity index (χ0n) is 8.36. The fourth-order valence-electron chi connectivity index (χ4n) is 1.24. The Hall–Kier alpha value is 0.270. The van der Waals surface area contributed by atoms with Crippen LogP contribution in [0.5, 0.6) is 0 Å². The van der Waals surface area contributed by atoms with Gasteiger partial charge in [0.05, 0.1) is 5.97 Å². The molecule has 1 heterocycles. The summed E-state index contributed by atoms with van der Waals surface area (Å²) in [6.45, 7) is 0. The maximum Gasteiger partial charge on any atom is 1.00 e.